The molecule has 3 atom stereocenters. The molecule has 0 fully saturated rings. The molecule has 0 aliphatic heterocycles. The van der Waals surface area contributed by atoms with Crippen molar-refractivity contribution < 1.29 is 29.1 Å². The van der Waals surface area contributed by atoms with E-state index in [1.165, 1.54) is 11.8 Å². The number of nitrogens with two attached hydrogens (primary N) is 2. The van der Waals surface area contributed by atoms with Crippen LogP contribution in [0.25, 0.3) is 0 Å². The Labute approximate surface area is 172 Å². The molecule has 0 rings (SSSR count). The van der Waals surface area contributed by atoms with Gasteiger partial charge >= 0.3 is 5.97 Å². The van der Waals surface area contributed by atoms with Crippen LogP contribution in [0.4, 0.5) is 0 Å². The number of nitrogens with one attached hydrogen (secondary N) is 3. The second kappa shape index (κ2) is 14.1. The fourth-order valence-electron chi connectivity index (χ4n) is 2.04. The van der Waals surface area contributed by atoms with Crippen LogP contribution in [0, 0.1) is 0 Å². The van der Waals surface area contributed by atoms with Crippen LogP contribution < -0.4 is 27.4 Å². The number of aliphatic carboxylic acids is 1. The number of thiol groups is 1. The van der Waals surface area contributed by atoms with E-state index in [0.717, 1.165) is 0 Å². The van der Waals surface area contributed by atoms with Crippen molar-refractivity contribution in [2.24, 2.45) is 11.5 Å². The first-order valence-corrected chi connectivity index (χ1v) is 10.4. The topological polar surface area (TPSA) is 194 Å². The summed E-state index contributed by atoms with van der Waals surface area (Å²) in [5, 5.41) is 16.3. The summed E-state index contributed by atoms with van der Waals surface area (Å²) in [6, 6.07) is -3.38. The fraction of sp³-hybridized carbons (Fsp3) is 0.667. The van der Waals surface area contributed by atoms with E-state index in [9.17, 15) is 24.0 Å². The predicted octanol–water partition coefficient (Wildman–Crippen LogP) is -2.57. The molecule has 0 aromatic rings. The first-order chi connectivity index (χ1) is 13.2. The number of rotatable bonds is 14. The second-order valence-electron chi connectivity index (χ2n) is 5.75. The summed E-state index contributed by atoms with van der Waals surface area (Å²) in [4.78, 5) is 58.3. The van der Waals surface area contributed by atoms with Crippen molar-refractivity contribution in [3.63, 3.8) is 0 Å². The number of carboxylic acid groups (broad SMARTS) is 1. The molecule has 0 aliphatic rings. The second-order valence-corrected chi connectivity index (χ2v) is 7.10. The molecule has 0 spiro atoms. The van der Waals surface area contributed by atoms with E-state index in [-0.39, 0.29) is 25.1 Å². The molecular weight excluding hydrogens is 410 g/mol. The lowest BCUT2D eigenvalue weighted by Crippen LogP contribution is -2.57. The number of carbonyl (C=O) groups excluding carboxylic acids is 4. The lowest BCUT2D eigenvalue weighted by atomic mass is 10.1. The molecule has 0 saturated carbocycles. The smallest absolute Gasteiger partial charge is 0.326 e. The van der Waals surface area contributed by atoms with Gasteiger partial charge in [-0.2, -0.15) is 24.4 Å². The molecule has 0 saturated heterocycles. The number of hydrogen-bond donors (Lipinski definition) is 7. The standard InChI is InChI=1S/C15H27N5O6S2/c1-28-5-4-8(18-12(22)6-16)13(23)20-10(7-27)14(24)19-9(15(25)26)2-3-11(17)21/h8-10,27H,2-7,16H2,1H3,(H2,17,21)(H,18,22)(H,19,24)(H,20,23)(H,25,26). The summed E-state index contributed by atoms with van der Waals surface area (Å²) >= 11 is 5.48. The molecular formula is C15H27N5O6S2. The maximum absolute atomic E-state index is 12.4. The first kappa shape index (κ1) is 26.0. The van der Waals surface area contributed by atoms with Crippen molar-refractivity contribution in [2.75, 3.05) is 24.3 Å². The summed E-state index contributed by atoms with van der Waals surface area (Å²) in [7, 11) is 0. The Hall–Kier alpha value is -1.99. The summed E-state index contributed by atoms with van der Waals surface area (Å²) < 4.78 is 0. The van der Waals surface area contributed by atoms with Crippen molar-refractivity contribution in [1.82, 2.24) is 16.0 Å². The third-order valence-corrected chi connectivity index (χ3v) is 4.57. The highest BCUT2D eigenvalue weighted by molar-refractivity contribution is 7.98. The molecule has 0 heterocycles. The molecule has 13 heteroatoms. The van der Waals surface area contributed by atoms with Gasteiger partial charge in [-0.3, -0.25) is 19.2 Å². The van der Waals surface area contributed by atoms with Gasteiger partial charge in [0, 0.05) is 12.2 Å². The molecule has 8 N–H and O–H groups in total. The van der Waals surface area contributed by atoms with Crippen LogP contribution in [-0.2, 0) is 24.0 Å². The number of primary amides is 1. The number of carbonyl (C=O) groups is 5. The number of hydrogen-bond acceptors (Lipinski definition) is 8. The Morgan fingerprint density at radius 1 is 1.00 bits per heavy atom. The third kappa shape index (κ3) is 10.4. The van der Waals surface area contributed by atoms with Gasteiger partial charge in [-0.15, -0.1) is 0 Å². The van der Waals surface area contributed by atoms with Crippen LogP contribution >= 0.6 is 24.4 Å². The Kier molecular flexibility index (Phi) is 13.1. The zero-order chi connectivity index (χ0) is 21.7. The zero-order valence-corrected chi connectivity index (χ0v) is 17.2. The lowest BCUT2D eigenvalue weighted by molar-refractivity contribution is -0.142. The van der Waals surface area contributed by atoms with Crippen molar-refractivity contribution in [3.05, 3.63) is 0 Å². The van der Waals surface area contributed by atoms with Crippen LogP contribution in [0.5, 0.6) is 0 Å². The van der Waals surface area contributed by atoms with Crippen molar-refractivity contribution in [2.45, 2.75) is 37.4 Å². The van der Waals surface area contributed by atoms with Crippen LogP contribution in [0.1, 0.15) is 19.3 Å². The Morgan fingerprint density at radius 3 is 2.04 bits per heavy atom. The maximum Gasteiger partial charge on any atom is 0.326 e. The maximum atomic E-state index is 12.4. The molecule has 11 nitrogen and oxygen atoms in total. The van der Waals surface area contributed by atoms with E-state index < -0.39 is 47.7 Å². The molecule has 0 radical (unpaired) electrons. The highest BCUT2D eigenvalue weighted by Gasteiger charge is 2.28. The van der Waals surface area contributed by atoms with Gasteiger partial charge < -0.3 is 32.5 Å². The SMILES string of the molecule is CSCCC(NC(=O)CN)C(=O)NC(CS)C(=O)NC(CCC(N)=O)C(=O)O. The van der Waals surface area contributed by atoms with Crippen molar-refractivity contribution >= 4 is 54.0 Å². The quantitative estimate of drug-likeness (QED) is 0.144. The van der Waals surface area contributed by atoms with Gasteiger partial charge in [0.15, 0.2) is 0 Å². The average Bonchev–Trinajstić information content (AvgIpc) is 2.65. The van der Waals surface area contributed by atoms with Gasteiger partial charge in [0.25, 0.3) is 0 Å². The predicted molar refractivity (Wildman–Crippen MR) is 108 cm³/mol. The summed E-state index contributed by atoms with van der Waals surface area (Å²) in [5.74, 6) is -3.50. The van der Waals surface area contributed by atoms with E-state index in [4.69, 9.17) is 16.6 Å². The zero-order valence-electron chi connectivity index (χ0n) is 15.5. The third-order valence-electron chi connectivity index (χ3n) is 3.56. The molecule has 0 aromatic heterocycles. The van der Waals surface area contributed by atoms with Gasteiger partial charge in [0.1, 0.15) is 18.1 Å². The van der Waals surface area contributed by atoms with Gasteiger partial charge in [-0.1, -0.05) is 0 Å². The molecule has 0 aromatic carbocycles. The Balaban J connectivity index is 5.02. The molecule has 0 aliphatic carbocycles. The summed E-state index contributed by atoms with van der Waals surface area (Å²) in [6.07, 6.45) is 1.74. The van der Waals surface area contributed by atoms with E-state index in [2.05, 4.69) is 28.6 Å². The van der Waals surface area contributed by atoms with Crippen LogP contribution in [0.15, 0.2) is 0 Å². The van der Waals surface area contributed by atoms with Gasteiger partial charge in [-0.05, 0) is 24.9 Å². The monoisotopic (exact) mass is 437 g/mol. The van der Waals surface area contributed by atoms with Crippen LogP contribution in [0.2, 0.25) is 0 Å². The van der Waals surface area contributed by atoms with Crippen molar-refractivity contribution in [3.8, 4) is 0 Å². The molecule has 3 unspecified atom stereocenters. The fourth-order valence-corrected chi connectivity index (χ4v) is 2.77. The Morgan fingerprint density at radius 2 is 1.57 bits per heavy atom. The minimum absolute atomic E-state index is 0.111. The van der Waals surface area contributed by atoms with Gasteiger partial charge in [0.05, 0.1) is 6.54 Å². The number of carboxylic acids is 1. The van der Waals surface area contributed by atoms with E-state index in [0.29, 0.717) is 12.2 Å². The first-order valence-electron chi connectivity index (χ1n) is 8.37. The van der Waals surface area contributed by atoms with E-state index >= 15 is 0 Å². The summed E-state index contributed by atoms with van der Waals surface area (Å²) in [5.41, 5.74) is 10.2. The average molecular weight is 438 g/mol. The lowest BCUT2D eigenvalue weighted by Gasteiger charge is -2.23. The number of thioether (sulfide) groups is 1. The molecule has 28 heavy (non-hydrogen) atoms. The summed E-state index contributed by atoms with van der Waals surface area (Å²) in [6.45, 7) is -0.292. The Bertz CT molecular complexity index is 577. The van der Waals surface area contributed by atoms with Gasteiger partial charge in [0.2, 0.25) is 23.6 Å². The minimum Gasteiger partial charge on any atom is -0.480 e. The highest BCUT2D eigenvalue weighted by atomic mass is 32.2. The minimum atomic E-state index is -1.34. The molecule has 160 valence electrons. The van der Waals surface area contributed by atoms with Crippen LogP contribution in [0.3, 0.4) is 0 Å². The van der Waals surface area contributed by atoms with E-state index in [1.807, 2.05) is 6.26 Å². The van der Waals surface area contributed by atoms with Crippen LogP contribution in [-0.4, -0.2) is 77.1 Å². The van der Waals surface area contributed by atoms with Gasteiger partial charge in [-0.25, -0.2) is 4.79 Å². The normalized spacial score (nSPS) is 13.7. The van der Waals surface area contributed by atoms with E-state index in [1.54, 1.807) is 0 Å². The highest BCUT2D eigenvalue weighted by Crippen LogP contribution is 2.03. The number of amides is 4. The van der Waals surface area contributed by atoms with Crippen molar-refractivity contribution in [1.29, 1.82) is 0 Å². The molecule has 0 bridgehead atoms. The largest absolute Gasteiger partial charge is 0.480 e. The molecule has 4 amide bonds.